The van der Waals surface area contributed by atoms with Crippen LogP contribution in [0, 0.1) is 0 Å². The molecule has 4 rings (SSSR count). The molecule has 2 aromatic rings. The van der Waals surface area contributed by atoms with E-state index in [-0.39, 0.29) is 13.2 Å². The number of hydrogen-bond acceptors (Lipinski definition) is 8. The maximum absolute atomic E-state index is 13.5. The van der Waals surface area contributed by atoms with Gasteiger partial charge in [0.1, 0.15) is 42.1 Å². The average Bonchev–Trinajstić information content (AvgIpc) is 3.32. The van der Waals surface area contributed by atoms with Crippen LogP contribution in [0.4, 0.5) is 9.18 Å². The number of hydrogen-bond donors (Lipinski definition) is 1. The quantitative estimate of drug-likeness (QED) is 0.465. The maximum atomic E-state index is 13.5. The lowest BCUT2D eigenvalue weighted by Crippen LogP contribution is -2.59. The topological polar surface area (TPSA) is 89.8 Å². The fourth-order valence-corrected chi connectivity index (χ4v) is 5.67. The average molecular weight is 561 g/mol. The Hall–Kier alpha value is -2.50. The van der Waals surface area contributed by atoms with Gasteiger partial charge in [0.05, 0.1) is 25.9 Å². The Morgan fingerprint density at radius 1 is 1.05 bits per heavy atom. The van der Waals surface area contributed by atoms with Gasteiger partial charge in [-0.1, -0.05) is 72.4 Å². The number of rotatable bonds is 9. The second-order valence-electron chi connectivity index (χ2n) is 10.6. The zero-order valence-corrected chi connectivity index (χ0v) is 23.6. The maximum Gasteiger partial charge on any atom is 0.416 e. The molecule has 1 fully saturated rings. The number of nitrogens with zero attached hydrogens (tertiary/aromatic N) is 2. The summed E-state index contributed by atoms with van der Waals surface area (Å²) in [6, 6.07) is 18.9. The van der Waals surface area contributed by atoms with Crippen molar-refractivity contribution in [3.63, 3.8) is 0 Å². The minimum Gasteiger partial charge on any atom is -0.443 e. The Morgan fingerprint density at radius 2 is 1.62 bits per heavy atom. The van der Waals surface area contributed by atoms with Crippen molar-refractivity contribution in [2.24, 2.45) is 4.99 Å². The minimum absolute atomic E-state index is 0.205. The molecule has 39 heavy (non-hydrogen) atoms. The van der Waals surface area contributed by atoms with Crippen LogP contribution >= 0.6 is 11.8 Å². The van der Waals surface area contributed by atoms with Crippen LogP contribution in [0.3, 0.4) is 0 Å². The lowest BCUT2D eigenvalue weighted by atomic mass is 9.94. The molecule has 8 nitrogen and oxygen atoms in total. The van der Waals surface area contributed by atoms with Gasteiger partial charge in [-0.05, 0) is 38.8 Å². The summed E-state index contributed by atoms with van der Waals surface area (Å²) in [5, 5.41) is 11.0. The van der Waals surface area contributed by atoms with Gasteiger partial charge in [0.15, 0.2) is 5.17 Å². The van der Waals surface area contributed by atoms with E-state index in [1.54, 1.807) is 27.7 Å². The molecule has 2 aromatic carbocycles. The van der Waals surface area contributed by atoms with Gasteiger partial charge in [-0.15, -0.1) is 0 Å². The van der Waals surface area contributed by atoms with Crippen molar-refractivity contribution in [3.05, 3.63) is 71.8 Å². The second kappa shape index (κ2) is 13.2. The van der Waals surface area contributed by atoms with E-state index >= 15 is 0 Å². The van der Waals surface area contributed by atoms with Crippen LogP contribution in [0.1, 0.15) is 38.8 Å². The third-order valence-electron chi connectivity index (χ3n) is 6.23. The van der Waals surface area contributed by atoms with E-state index in [4.69, 9.17) is 23.9 Å². The summed E-state index contributed by atoms with van der Waals surface area (Å²) in [6.45, 7) is 6.51. The number of ether oxygens (including phenoxy) is 4. The molecule has 0 aliphatic carbocycles. The van der Waals surface area contributed by atoms with Gasteiger partial charge in [0.2, 0.25) is 0 Å². The Morgan fingerprint density at radius 3 is 2.13 bits per heavy atom. The van der Waals surface area contributed by atoms with Crippen LogP contribution in [0.25, 0.3) is 0 Å². The first-order chi connectivity index (χ1) is 18.7. The van der Waals surface area contributed by atoms with Gasteiger partial charge < -0.3 is 24.1 Å². The smallest absolute Gasteiger partial charge is 0.416 e. The van der Waals surface area contributed by atoms with Crippen LogP contribution in [-0.2, 0) is 32.2 Å². The van der Waals surface area contributed by atoms with Crippen molar-refractivity contribution >= 4 is 23.0 Å². The lowest BCUT2D eigenvalue weighted by Gasteiger charge is -2.43. The van der Waals surface area contributed by atoms with Crippen molar-refractivity contribution in [1.29, 1.82) is 0 Å². The number of thioether (sulfide) groups is 1. The van der Waals surface area contributed by atoms with Crippen molar-refractivity contribution < 1.29 is 33.2 Å². The Kier molecular flexibility index (Phi) is 10.0. The standard InChI is InChI=1S/C29H37FN2O6S/c1-19(33)23-25(36-18-21-13-9-6-10-14-21)24(35-17-20-11-7-5-8-12-20)22-26(37-23)39-27(31-22)32(16-15-30)28(34)38-29(2,3)4/h5-14,19,22-26,33H,15-18H2,1-4H3. The number of aliphatic hydroxyl groups is 1. The number of fused-ring (bicyclic) bond motifs is 1. The minimum atomic E-state index is -0.869. The number of amidine groups is 1. The summed E-state index contributed by atoms with van der Waals surface area (Å²) in [5.41, 5.74) is 0.614. The van der Waals surface area contributed by atoms with E-state index < -0.39 is 54.3 Å². The largest absolute Gasteiger partial charge is 0.443 e. The molecule has 1 N–H and O–H groups in total. The van der Waals surface area contributed by atoms with Gasteiger partial charge in [0.25, 0.3) is 0 Å². The van der Waals surface area contributed by atoms with E-state index in [0.717, 1.165) is 11.1 Å². The third-order valence-corrected chi connectivity index (χ3v) is 7.39. The summed E-state index contributed by atoms with van der Waals surface area (Å²) in [4.78, 5) is 18.9. The molecular formula is C29H37FN2O6S. The fraction of sp³-hybridized carbons (Fsp3) is 0.517. The summed E-state index contributed by atoms with van der Waals surface area (Å²) >= 11 is 1.20. The SMILES string of the molecule is CC(O)C1OC2SC(N(CCF)C(=O)OC(C)(C)C)=NC2C(OCc2ccccc2)C1OCc1ccccc1. The van der Waals surface area contributed by atoms with Crippen LogP contribution in [0.15, 0.2) is 65.7 Å². The summed E-state index contributed by atoms with van der Waals surface area (Å²) < 4.78 is 38.1. The molecule has 6 atom stereocenters. The number of aliphatic hydroxyl groups excluding tert-OH is 1. The van der Waals surface area contributed by atoms with E-state index in [9.17, 15) is 14.3 Å². The number of benzene rings is 2. The normalized spacial score (nSPS) is 25.5. The molecule has 0 spiro atoms. The van der Waals surface area contributed by atoms with Gasteiger partial charge in [-0.2, -0.15) is 0 Å². The molecular weight excluding hydrogens is 523 g/mol. The summed E-state index contributed by atoms with van der Waals surface area (Å²) in [7, 11) is 0. The molecule has 2 aliphatic rings. The van der Waals surface area contributed by atoms with Crippen LogP contribution in [0.5, 0.6) is 0 Å². The monoisotopic (exact) mass is 560 g/mol. The first-order valence-corrected chi connectivity index (χ1v) is 14.0. The van der Waals surface area contributed by atoms with Gasteiger partial charge in [-0.3, -0.25) is 9.89 Å². The van der Waals surface area contributed by atoms with Crippen LogP contribution in [0.2, 0.25) is 0 Å². The number of amides is 1. The fourth-order valence-electron chi connectivity index (χ4n) is 4.45. The first-order valence-electron chi connectivity index (χ1n) is 13.1. The number of halogens is 1. The molecule has 1 saturated heterocycles. The van der Waals surface area contributed by atoms with Gasteiger partial charge in [0, 0.05) is 0 Å². The van der Waals surface area contributed by atoms with E-state index in [0.29, 0.717) is 11.8 Å². The number of carbonyl (C=O) groups is 1. The molecule has 2 heterocycles. The predicted octanol–water partition coefficient (Wildman–Crippen LogP) is 4.94. The highest BCUT2D eigenvalue weighted by Crippen LogP contribution is 2.41. The molecule has 6 unspecified atom stereocenters. The predicted molar refractivity (Wildman–Crippen MR) is 148 cm³/mol. The van der Waals surface area contributed by atoms with Gasteiger partial charge >= 0.3 is 6.09 Å². The zero-order valence-electron chi connectivity index (χ0n) is 22.7. The highest BCUT2D eigenvalue weighted by atomic mass is 32.2. The van der Waals surface area contributed by atoms with Crippen molar-refractivity contribution in [1.82, 2.24) is 4.90 Å². The van der Waals surface area contributed by atoms with E-state index in [1.807, 2.05) is 60.7 Å². The van der Waals surface area contributed by atoms with Crippen LogP contribution in [-0.4, -0.2) is 76.0 Å². The number of alkyl halides is 1. The molecule has 10 heteroatoms. The highest BCUT2D eigenvalue weighted by Gasteiger charge is 2.53. The Bertz CT molecular complexity index is 1100. The molecule has 212 valence electrons. The summed E-state index contributed by atoms with van der Waals surface area (Å²) in [5.74, 6) is 0. The molecule has 1 amide bonds. The van der Waals surface area contributed by atoms with Crippen molar-refractivity contribution in [3.8, 4) is 0 Å². The molecule has 0 radical (unpaired) electrons. The molecule has 0 aromatic heterocycles. The Labute approximate surface area is 233 Å². The zero-order chi connectivity index (χ0) is 28.0. The molecule has 0 saturated carbocycles. The first kappa shape index (κ1) is 29.5. The van der Waals surface area contributed by atoms with E-state index in [1.165, 1.54) is 16.7 Å². The van der Waals surface area contributed by atoms with Crippen molar-refractivity contribution in [2.45, 2.75) is 82.4 Å². The molecule has 0 bridgehead atoms. The lowest BCUT2D eigenvalue weighted by molar-refractivity contribution is -0.218. The third kappa shape index (κ3) is 7.79. The number of carbonyl (C=O) groups excluding carboxylic acids is 1. The second-order valence-corrected chi connectivity index (χ2v) is 11.6. The van der Waals surface area contributed by atoms with Crippen LogP contribution < -0.4 is 0 Å². The number of aliphatic imine (C=N–C) groups is 1. The van der Waals surface area contributed by atoms with E-state index in [2.05, 4.69) is 0 Å². The Balaban J connectivity index is 1.63. The highest BCUT2D eigenvalue weighted by molar-refractivity contribution is 8.14. The summed E-state index contributed by atoms with van der Waals surface area (Å²) in [6.07, 6.45) is -3.53. The van der Waals surface area contributed by atoms with Crippen molar-refractivity contribution in [2.75, 3.05) is 13.2 Å². The van der Waals surface area contributed by atoms with Gasteiger partial charge in [-0.25, -0.2) is 9.18 Å². The molecule has 2 aliphatic heterocycles.